The summed E-state index contributed by atoms with van der Waals surface area (Å²) in [7, 11) is 1.56. The zero-order valence-corrected chi connectivity index (χ0v) is 9.64. The highest BCUT2D eigenvalue weighted by atomic mass is 16.5. The molecule has 0 radical (unpaired) electrons. The molecule has 0 bridgehead atoms. The number of hydrogen-bond acceptors (Lipinski definition) is 4. The summed E-state index contributed by atoms with van der Waals surface area (Å²) in [5.74, 6) is 0.477. The monoisotopic (exact) mass is 236 g/mol. The molecule has 1 aliphatic rings. The van der Waals surface area contributed by atoms with E-state index in [1.165, 1.54) is 0 Å². The third-order valence-corrected chi connectivity index (χ3v) is 2.79. The Morgan fingerprint density at radius 1 is 1.53 bits per heavy atom. The molecule has 1 fully saturated rings. The number of benzene rings is 1. The zero-order chi connectivity index (χ0) is 12.3. The Hall–Kier alpha value is -1.59. The van der Waals surface area contributed by atoms with E-state index < -0.39 is 6.10 Å². The van der Waals surface area contributed by atoms with Crippen molar-refractivity contribution >= 4 is 11.6 Å². The molecular formula is C12H16N2O3. The van der Waals surface area contributed by atoms with Crippen LogP contribution in [0.15, 0.2) is 24.3 Å². The van der Waals surface area contributed by atoms with Gasteiger partial charge in [-0.15, -0.1) is 0 Å². The molecule has 1 saturated heterocycles. The first-order chi connectivity index (χ1) is 8.20. The summed E-state index contributed by atoms with van der Waals surface area (Å²) in [5.41, 5.74) is 0.642. The number of amides is 1. The van der Waals surface area contributed by atoms with Gasteiger partial charge < -0.3 is 20.5 Å². The second-order valence-electron chi connectivity index (χ2n) is 4.04. The van der Waals surface area contributed by atoms with Crippen LogP contribution >= 0.6 is 0 Å². The van der Waals surface area contributed by atoms with Crippen molar-refractivity contribution in [1.82, 2.24) is 5.32 Å². The van der Waals surface area contributed by atoms with E-state index in [0.29, 0.717) is 24.4 Å². The van der Waals surface area contributed by atoms with Crippen LogP contribution in [0, 0.1) is 0 Å². The standard InChI is InChI=1S/C12H16N2O3/c1-17-11-5-3-2-4-9(11)14-12(16)10-6-8(15)7-13-10/h2-5,8,10,13,15H,6-7H2,1H3,(H,14,16). The first kappa shape index (κ1) is 11.9. The number of hydrogen-bond donors (Lipinski definition) is 3. The Bertz CT molecular complexity index is 408. The van der Waals surface area contributed by atoms with Gasteiger partial charge in [-0.3, -0.25) is 4.79 Å². The fraction of sp³-hybridized carbons (Fsp3) is 0.417. The largest absolute Gasteiger partial charge is 0.495 e. The molecule has 3 N–H and O–H groups in total. The lowest BCUT2D eigenvalue weighted by Gasteiger charge is -2.13. The molecule has 17 heavy (non-hydrogen) atoms. The Balaban J connectivity index is 2.03. The van der Waals surface area contributed by atoms with Crippen molar-refractivity contribution in [2.45, 2.75) is 18.6 Å². The number of aliphatic hydroxyl groups is 1. The van der Waals surface area contributed by atoms with Gasteiger partial charge in [0.2, 0.25) is 5.91 Å². The summed E-state index contributed by atoms with van der Waals surface area (Å²) in [5, 5.41) is 15.1. The second-order valence-corrected chi connectivity index (χ2v) is 4.04. The van der Waals surface area contributed by atoms with E-state index >= 15 is 0 Å². The van der Waals surface area contributed by atoms with Crippen LogP contribution in [0.3, 0.4) is 0 Å². The van der Waals surface area contributed by atoms with E-state index in [4.69, 9.17) is 4.74 Å². The molecule has 92 valence electrons. The average Bonchev–Trinajstić information content (AvgIpc) is 2.77. The summed E-state index contributed by atoms with van der Waals surface area (Å²) in [6, 6.07) is 6.89. The van der Waals surface area contributed by atoms with Gasteiger partial charge >= 0.3 is 0 Å². The maximum atomic E-state index is 11.9. The average molecular weight is 236 g/mol. The fourth-order valence-corrected chi connectivity index (χ4v) is 1.88. The van der Waals surface area contributed by atoms with E-state index in [-0.39, 0.29) is 11.9 Å². The zero-order valence-electron chi connectivity index (χ0n) is 9.64. The van der Waals surface area contributed by atoms with Gasteiger partial charge in [0, 0.05) is 6.54 Å². The highest BCUT2D eigenvalue weighted by Gasteiger charge is 2.28. The van der Waals surface area contributed by atoms with Gasteiger partial charge in [-0.1, -0.05) is 12.1 Å². The molecule has 1 aliphatic heterocycles. The molecular weight excluding hydrogens is 220 g/mol. The van der Waals surface area contributed by atoms with Crippen LogP contribution in [0.4, 0.5) is 5.69 Å². The minimum Gasteiger partial charge on any atom is -0.495 e. The van der Waals surface area contributed by atoms with E-state index in [1.807, 2.05) is 12.1 Å². The van der Waals surface area contributed by atoms with Crippen LogP contribution in [0.1, 0.15) is 6.42 Å². The third kappa shape index (κ3) is 2.75. The number of rotatable bonds is 3. The number of methoxy groups -OCH3 is 1. The molecule has 1 aromatic carbocycles. The normalized spacial score (nSPS) is 23.4. The van der Waals surface area contributed by atoms with Crippen molar-refractivity contribution in [3.63, 3.8) is 0 Å². The lowest BCUT2D eigenvalue weighted by molar-refractivity contribution is -0.117. The molecule has 2 atom stereocenters. The van der Waals surface area contributed by atoms with Gasteiger partial charge in [-0.05, 0) is 18.6 Å². The Morgan fingerprint density at radius 2 is 2.29 bits per heavy atom. The SMILES string of the molecule is COc1ccccc1NC(=O)C1CC(O)CN1. The lowest BCUT2D eigenvalue weighted by atomic mass is 10.2. The van der Waals surface area contributed by atoms with Gasteiger partial charge in [0.25, 0.3) is 0 Å². The highest BCUT2D eigenvalue weighted by Crippen LogP contribution is 2.23. The van der Waals surface area contributed by atoms with Crippen LogP contribution in [0.25, 0.3) is 0 Å². The number of carbonyl (C=O) groups is 1. The maximum absolute atomic E-state index is 11.9. The van der Waals surface area contributed by atoms with Crippen molar-refractivity contribution in [1.29, 1.82) is 0 Å². The quantitative estimate of drug-likeness (QED) is 0.708. The van der Waals surface area contributed by atoms with Crippen molar-refractivity contribution in [3.05, 3.63) is 24.3 Å². The van der Waals surface area contributed by atoms with Crippen molar-refractivity contribution in [3.8, 4) is 5.75 Å². The van der Waals surface area contributed by atoms with E-state index in [9.17, 15) is 9.90 Å². The Labute approximate surface area is 99.8 Å². The number of nitrogens with one attached hydrogen (secondary N) is 2. The number of β-amino-alcohol motifs (C(OH)–C–C–N with tert-alkyl or cyclic N) is 1. The van der Waals surface area contributed by atoms with Crippen molar-refractivity contribution in [2.24, 2.45) is 0 Å². The minimum absolute atomic E-state index is 0.147. The molecule has 0 spiro atoms. The number of carbonyl (C=O) groups excluding carboxylic acids is 1. The molecule has 0 aromatic heterocycles. The Morgan fingerprint density at radius 3 is 2.94 bits per heavy atom. The smallest absolute Gasteiger partial charge is 0.241 e. The number of para-hydroxylation sites is 2. The number of ether oxygens (including phenoxy) is 1. The lowest BCUT2D eigenvalue weighted by Crippen LogP contribution is -2.35. The van der Waals surface area contributed by atoms with E-state index in [2.05, 4.69) is 10.6 Å². The first-order valence-corrected chi connectivity index (χ1v) is 5.56. The maximum Gasteiger partial charge on any atom is 0.241 e. The summed E-state index contributed by atoms with van der Waals surface area (Å²) in [6.45, 7) is 0.462. The van der Waals surface area contributed by atoms with Gasteiger partial charge in [0.05, 0.1) is 24.9 Å². The third-order valence-electron chi connectivity index (χ3n) is 2.79. The summed E-state index contributed by atoms with van der Waals surface area (Å²) in [4.78, 5) is 11.9. The van der Waals surface area contributed by atoms with Crippen LogP contribution in [0.5, 0.6) is 5.75 Å². The molecule has 5 heteroatoms. The van der Waals surface area contributed by atoms with Gasteiger partial charge in [-0.2, -0.15) is 0 Å². The van der Waals surface area contributed by atoms with Gasteiger partial charge in [0.1, 0.15) is 5.75 Å². The summed E-state index contributed by atoms with van der Waals surface area (Å²) >= 11 is 0. The molecule has 0 aliphatic carbocycles. The van der Waals surface area contributed by atoms with Crippen molar-refractivity contribution < 1.29 is 14.6 Å². The fourth-order valence-electron chi connectivity index (χ4n) is 1.88. The van der Waals surface area contributed by atoms with E-state index in [0.717, 1.165) is 0 Å². The van der Waals surface area contributed by atoms with Crippen LogP contribution in [0.2, 0.25) is 0 Å². The Kier molecular flexibility index (Phi) is 3.61. The van der Waals surface area contributed by atoms with E-state index in [1.54, 1.807) is 19.2 Å². The predicted molar refractivity (Wildman–Crippen MR) is 64.0 cm³/mol. The molecule has 2 unspecified atom stereocenters. The van der Waals surface area contributed by atoms with Crippen LogP contribution in [-0.2, 0) is 4.79 Å². The summed E-state index contributed by atoms with van der Waals surface area (Å²) < 4.78 is 5.15. The van der Waals surface area contributed by atoms with Gasteiger partial charge in [0.15, 0.2) is 0 Å². The molecule has 0 saturated carbocycles. The highest BCUT2D eigenvalue weighted by molar-refractivity contribution is 5.96. The molecule has 1 amide bonds. The van der Waals surface area contributed by atoms with Gasteiger partial charge in [-0.25, -0.2) is 0 Å². The minimum atomic E-state index is -0.441. The van der Waals surface area contributed by atoms with Crippen molar-refractivity contribution in [2.75, 3.05) is 19.0 Å². The second kappa shape index (κ2) is 5.16. The molecule has 2 rings (SSSR count). The number of anilines is 1. The first-order valence-electron chi connectivity index (χ1n) is 5.56. The molecule has 5 nitrogen and oxygen atoms in total. The topological polar surface area (TPSA) is 70.6 Å². The number of aliphatic hydroxyl groups excluding tert-OH is 1. The molecule has 1 aromatic rings. The predicted octanol–water partition coefficient (Wildman–Crippen LogP) is 0.356. The van der Waals surface area contributed by atoms with Crippen LogP contribution in [-0.4, -0.2) is 36.8 Å². The summed E-state index contributed by atoms with van der Waals surface area (Å²) in [6.07, 6.45) is 0.00414. The van der Waals surface area contributed by atoms with Crippen LogP contribution < -0.4 is 15.4 Å². The molecule has 1 heterocycles.